The van der Waals surface area contributed by atoms with Crippen molar-refractivity contribution in [2.45, 2.75) is 37.2 Å². The van der Waals surface area contributed by atoms with Crippen LogP contribution in [0.25, 0.3) is 16.7 Å². The summed E-state index contributed by atoms with van der Waals surface area (Å²) >= 11 is 1.49. The second-order valence-electron chi connectivity index (χ2n) is 6.97. The molecular formula is C16H18N8OS. The Bertz CT molecular complexity index is 1170. The van der Waals surface area contributed by atoms with Gasteiger partial charge in [-0.2, -0.15) is 0 Å². The smallest absolute Gasteiger partial charge is 0.262 e. The topological polar surface area (TPSA) is 95.8 Å². The first-order chi connectivity index (χ1) is 12.4. The number of nitrogens with zero attached hydrogens (tertiary/aromatic N) is 8. The van der Waals surface area contributed by atoms with Gasteiger partial charge in [-0.05, 0) is 43.3 Å². The molecule has 0 amide bonds. The molecule has 0 unspecified atom stereocenters. The molecule has 0 spiro atoms. The number of aryl methyl sites for hydroxylation is 1. The van der Waals surface area contributed by atoms with Gasteiger partial charge in [-0.25, -0.2) is 4.68 Å². The van der Waals surface area contributed by atoms with Crippen LogP contribution < -0.4 is 5.56 Å². The Labute approximate surface area is 153 Å². The molecule has 0 radical (unpaired) electrons. The van der Waals surface area contributed by atoms with Gasteiger partial charge in [0, 0.05) is 7.05 Å². The quantitative estimate of drug-likeness (QED) is 0.506. The van der Waals surface area contributed by atoms with Crippen molar-refractivity contribution < 1.29 is 0 Å². The predicted molar refractivity (Wildman–Crippen MR) is 98.1 cm³/mol. The highest BCUT2D eigenvalue weighted by molar-refractivity contribution is 7.98. The SMILES string of the molecule is Cn1c(=O)c2ccccc2n2c(CSc3nnnn3C(C)(C)C)nnc12. The molecule has 3 heterocycles. The molecule has 0 aliphatic rings. The summed E-state index contributed by atoms with van der Waals surface area (Å²) in [5.41, 5.74) is 0.494. The van der Waals surface area contributed by atoms with Crippen molar-refractivity contribution in [2.24, 2.45) is 7.05 Å². The van der Waals surface area contributed by atoms with Crippen molar-refractivity contribution >= 4 is 28.4 Å². The monoisotopic (exact) mass is 370 g/mol. The van der Waals surface area contributed by atoms with E-state index in [9.17, 15) is 4.79 Å². The summed E-state index contributed by atoms with van der Waals surface area (Å²) in [7, 11) is 1.70. The van der Waals surface area contributed by atoms with Crippen LogP contribution in [-0.2, 0) is 18.3 Å². The third-order valence-corrected chi connectivity index (χ3v) is 5.01. The van der Waals surface area contributed by atoms with Crippen LogP contribution in [0.15, 0.2) is 34.2 Å². The number of hydrogen-bond donors (Lipinski definition) is 0. The molecule has 9 nitrogen and oxygen atoms in total. The van der Waals surface area contributed by atoms with Crippen molar-refractivity contribution in [1.82, 2.24) is 39.4 Å². The van der Waals surface area contributed by atoms with Crippen LogP contribution in [0.5, 0.6) is 0 Å². The van der Waals surface area contributed by atoms with Crippen LogP contribution in [0.4, 0.5) is 0 Å². The van der Waals surface area contributed by atoms with E-state index in [2.05, 4.69) is 25.7 Å². The fourth-order valence-electron chi connectivity index (χ4n) is 2.80. The molecule has 3 aromatic heterocycles. The molecule has 0 aliphatic heterocycles. The predicted octanol–water partition coefficient (Wildman–Crippen LogP) is 1.61. The zero-order chi connectivity index (χ0) is 18.5. The van der Waals surface area contributed by atoms with Crippen molar-refractivity contribution in [1.29, 1.82) is 0 Å². The number of benzene rings is 1. The van der Waals surface area contributed by atoms with Gasteiger partial charge in [-0.3, -0.25) is 13.8 Å². The number of aromatic nitrogens is 8. The first-order valence-corrected chi connectivity index (χ1v) is 9.10. The molecule has 0 aliphatic carbocycles. The molecule has 134 valence electrons. The number of hydrogen-bond acceptors (Lipinski definition) is 7. The van der Waals surface area contributed by atoms with Crippen LogP contribution in [0.3, 0.4) is 0 Å². The minimum absolute atomic E-state index is 0.0867. The van der Waals surface area contributed by atoms with Gasteiger partial charge in [-0.15, -0.1) is 15.3 Å². The van der Waals surface area contributed by atoms with Crippen molar-refractivity contribution in [2.75, 3.05) is 0 Å². The third kappa shape index (κ3) is 2.57. The number of rotatable bonds is 3. The Morgan fingerprint density at radius 3 is 2.65 bits per heavy atom. The molecule has 0 bridgehead atoms. The van der Waals surface area contributed by atoms with Gasteiger partial charge in [0.05, 0.1) is 22.2 Å². The van der Waals surface area contributed by atoms with E-state index < -0.39 is 0 Å². The lowest BCUT2D eigenvalue weighted by Crippen LogP contribution is -2.24. The highest BCUT2D eigenvalue weighted by atomic mass is 32.2. The highest BCUT2D eigenvalue weighted by Gasteiger charge is 2.21. The fourth-order valence-corrected chi connectivity index (χ4v) is 3.78. The van der Waals surface area contributed by atoms with E-state index in [1.807, 2.05) is 49.4 Å². The van der Waals surface area contributed by atoms with Crippen LogP contribution in [0.1, 0.15) is 26.6 Å². The number of fused-ring (bicyclic) bond motifs is 3. The maximum Gasteiger partial charge on any atom is 0.262 e. The van der Waals surface area contributed by atoms with E-state index in [-0.39, 0.29) is 11.1 Å². The Kier molecular flexibility index (Phi) is 3.79. The van der Waals surface area contributed by atoms with Gasteiger partial charge < -0.3 is 0 Å². The van der Waals surface area contributed by atoms with E-state index in [1.54, 1.807) is 11.7 Å². The van der Waals surface area contributed by atoms with Gasteiger partial charge in [0.1, 0.15) is 5.82 Å². The second-order valence-corrected chi connectivity index (χ2v) is 7.91. The standard InChI is InChI=1S/C16H18N8OS/c1-16(2,3)24-15(19-20-21-24)26-9-12-17-18-14-22(4)13(25)10-7-5-6-8-11(10)23(12)14/h5-8H,9H2,1-4H3. The lowest BCUT2D eigenvalue weighted by molar-refractivity contribution is 0.321. The number of thioether (sulfide) groups is 1. The van der Waals surface area contributed by atoms with E-state index >= 15 is 0 Å². The van der Waals surface area contributed by atoms with Gasteiger partial charge in [0.25, 0.3) is 5.56 Å². The van der Waals surface area contributed by atoms with Crippen molar-refractivity contribution in [3.05, 3.63) is 40.4 Å². The minimum atomic E-state index is -0.213. The summed E-state index contributed by atoms with van der Waals surface area (Å²) in [6, 6.07) is 7.47. The summed E-state index contributed by atoms with van der Waals surface area (Å²) in [6.45, 7) is 6.13. The maximum absolute atomic E-state index is 12.5. The summed E-state index contributed by atoms with van der Waals surface area (Å²) < 4.78 is 5.21. The van der Waals surface area contributed by atoms with Gasteiger partial charge >= 0.3 is 0 Å². The maximum atomic E-state index is 12.5. The van der Waals surface area contributed by atoms with Crippen LogP contribution in [0, 0.1) is 0 Å². The molecular weight excluding hydrogens is 352 g/mol. The van der Waals surface area contributed by atoms with Gasteiger partial charge in [-0.1, -0.05) is 23.9 Å². The molecule has 0 saturated carbocycles. The molecule has 0 fully saturated rings. The Morgan fingerprint density at radius 1 is 1.12 bits per heavy atom. The number of para-hydroxylation sites is 1. The first kappa shape index (κ1) is 16.7. The lowest BCUT2D eigenvalue weighted by atomic mass is 10.1. The Morgan fingerprint density at radius 2 is 1.88 bits per heavy atom. The Hall–Kier alpha value is -2.75. The molecule has 10 heteroatoms. The number of tetrazole rings is 1. The van der Waals surface area contributed by atoms with Crippen LogP contribution in [0.2, 0.25) is 0 Å². The molecule has 4 aromatic rings. The molecule has 0 atom stereocenters. The Balaban J connectivity index is 1.80. The van der Waals surface area contributed by atoms with E-state index in [4.69, 9.17) is 0 Å². The van der Waals surface area contributed by atoms with Crippen molar-refractivity contribution in [3.8, 4) is 0 Å². The molecule has 4 rings (SSSR count). The van der Waals surface area contributed by atoms with Crippen LogP contribution >= 0.6 is 11.8 Å². The first-order valence-electron chi connectivity index (χ1n) is 8.11. The molecule has 0 N–H and O–H groups in total. The summed E-state index contributed by atoms with van der Waals surface area (Å²) in [5, 5.41) is 21.8. The zero-order valence-corrected chi connectivity index (χ0v) is 15.7. The van der Waals surface area contributed by atoms with Gasteiger partial charge in [0.2, 0.25) is 10.9 Å². The van der Waals surface area contributed by atoms with Crippen LogP contribution in [-0.4, -0.2) is 39.4 Å². The van der Waals surface area contributed by atoms with E-state index in [1.165, 1.54) is 16.3 Å². The third-order valence-electron chi connectivity index (χ3n) is 4.10. The lowest BCUT2D eigenvalue weighted by Gasteiger charge is -2.19. The van der Waals surface area contributed by atoms with E-state index in [0.29, 0.717) is 22.1 Å². The summed E-state index contributed by atoms with van der Waals surface area (Å²) in [6.07, 6.45) is 0. The average molecular weight is 370 g/mol. The molecule has 1 aromatic carbocycles. The normalized spacial score (nSPS) is 12.3. The second kappa shape index (κ2) is 5.90. The highest BCUT2D eigenvalue weighted by Crippen LogP contribution is 2.25. The largest absolute Gasteiger partial charge is 0.279 e. The van der Waals surface area contributed by atoms with Gasteiger partial charge in [0.15, 0.2) is 0 Å². The summed E-state index contributed by atoms with van der Waals surface area (Å²) in [4.78, 5) is 12.5. The fraction of sp³-hybridized carbons (Fsp3) is 0.375. The zero-order valence-electron chi connectivity index (χ0n) is 14.9. The minimum Gasteiger partial charge on any atom is -0.279 e. The molecule has 26 heavy (non-hydrogen) atoms. The summed E-state index contributed by atoms with van der Waals surface area (Å²) in [5.74, 6) is 1.78. The molecule has 0 saturated heterocycles. The average Bonchev–Trinajstić information content (AvgIpc) is 3.24. The van der Waals surface area contributed by atoms with Crippen molar-refractivity contribution in [3.63, 3.8) is 0 Å². The van der Waals surface area contributed by atoms with E-state index in [0.717, 1.165) is 11.3 Å².